The number of amides is 1. The van der Waals surface area contributed by atoms with Crippen molar-refractivity contribution >= 4 is 23.2 Å². The van der Waals surface area contributed by atoms with Crippen LogP contribution in [0.1, 0.15) is 5.56 Å². The molecule has 6 nitrogen and oxygen atoms in total. The molecule has 1 heterocycles. The van der Waals surface area contributed by atoms with Gasteiger partial charge in [-0.1, -0.05) is 41.9 Å². The minimum Gasteiger partial charge on any atom is -0.323 e. The molecular formula is C19H13ClN4O2. The first-order valence-electron chi connectivity index (χ1n) is 7.68. The molecule has 3 rings (SSSR count). The van der Waals surface area contributed by atoms with Gasteiger partial charge in [0.25, 0.3) is 5.56 Å². The number of nitrogens with zero attached hydrogens (tertiary/aromatic N) is 3. The van der Waals surface area contributed by atoms with Crippen LogP contribution in [0.15, 0.2) is 65.7 Å². The third-order valence-corrected chi connectivity index (χ3v) is 3.87. The lowest BCUT2D eigenvalue weighted by molar-refractivity contribution is -0.116. The highest BCUT2D eigenvalue weighted by atomic mass is 35.5. The van der Waals surface area contributed by atoms with Gasteiger partial charge in [0.05, 0.1) is 23.3 Å². The third-order valence-electron chi connectivity index (χ3n) is 3.64. The Labute approximate surface area is 154 Å². The molecule has 26 heavy (non-hydrogen) atoms. The number of rotatable bonds is 4. The molecule has 7 heteroatoms. The Morgan fingerprint density at radius 3 is 2.65 bits per heavy atom. The lowest BCUT2D eigenvalue weighted by Crippen LogP contribution is -2.27. The predicted octanol–water partition coefficient (Wildman–Crippen LogP) is 3.07. The molecular weight excluding hydrogens is 352 g/mol. The van der Waals surface area contributed by atoms with Crippen molar-refractivity contribution in [2.75, 3.05) is 5.32 Å². The summed E-state index contributed by atoms with van der Waals surface area (Å²) in [5.41, 5.74) is 1.59. The van der Waals surface area contributed by atoms with E-state index in [4.69, 9.17) is 16.9 Å². The van der Waals surface area contributed by atoms with Gasteiger partial charge in [0.2, 0.25) is 5.91 Å². The van der Waals surface area contributed by atoms with E-state index in [0.29, 0.717) is 16.4 Å². The fourth-order valence-corrected chi connectivity index (χ4v) is 2.55. The molecule has 0 spiro atoms. The molecule has 0 radical (unpaired) electrons. The number of nitriles is 1. The Kier molecular flexibility index (Phi) is 5.11. The lowest BCUT2D eigenvalue weighted by Gasteiger charge is -2.09. The number of hydrogen-bond donors (Lipinski definition) is 1. The monoisotopic (exact) mass is 364 g/mol. The van der Waals surface area contributed by atoms with Crippen molar-refractivity contribution < 1.29 is 4.79 Å². The number of aromatic nitrogens is 2. The average molecular weight is 365 g/mol. The van der Waals surface area contributed by atoms with Crippen molar-refractivity contribution in [2.45, 2.75) is 6.54 Å². The fourth-order valence-electron chi connectivity index (χ4n) is 2.37. The fraction of sp³-hybridized carbons (Fsp3) is 0.0526. The lowest BCUT2D eigenvalue weighted by atomic mass is 10.1. The van der Waals surface area contributed by atoms with E-state index in [1.165, 1.54) is 29.1 Å². The van der Waals surface area contributed by atoms with Crippen LogP contribution in [0.25, 0.3) is 11.3 Å². The Morgan fingerprint density at radius 1 is 1.19 bits per heavy atom. The number of nitrogens with one attached hydrogen (secondary N) is 1. The van der Waals surface area contributed by atoms with Crippen LogP contribution in [-0.2, 0) is 11.3 Å². The first-order chi connectivity index (χ1) is 12.6. The Morgan fingerprint density at radius 2 is 1.96 bits per heavy atom. The summed E-state index contributed by atoms with van der Waals surface area (Å²) in [4.78, 5) is 28.7. The molecule has 128 valence electrons. The van der Waals surface area contributed by atoms with Crippen LogP contribution in [0.2, 0.25) is 5.02 Å². The van der Waals surface area contributed by atoms with Gasteiger partial charge in [-0.3, -0.25) is 14.2 Å². The number of carbonyl (C=O) groups is 1. The molecule has 1 aromatic heterocycles. The summed E-state index contributed by atoms with van der Waals surface area (Å²) in [5.74, 6) is -0.458. The van der Waals surface area contributed by atoms with E-state index in [9.17, 15) is 9.59 Å². The van der Waals surface area contributed by atoms with Crippen molar-refractivity contribution in [2.24, 2.45) is 0 Å². The van der Waals surface area contributed by atoms with Crippen molar-refractivity contribution in [3.63, 3.8) is 0 Å². The number of anilines is 1. The number of hydrogen-bond acceptors (Lipinski definition) is 4. The zero-order valence-electron chi connectivity index (χ0n) is 13.5. The largest absolute Gasteiger partial charge is 0.323 e. The van der Waals surface area contributed by atoms with Crippen LogP contribution in [-0.4, -0.2) is 15.5 Å². The number of carbonyl (C=O) groups excluding carboxylic acids is 1. The van der Waals surface area contributed by atoms with Gasteiger partial charge in [-0.25, -0.2) is 4.98 Å². The maximum absolute atomic E-state index is 12.2. The van der Waals surface area contributed by atoms with Gasteiger partial charge in [-0.05, 0) is 18.2 Å². The minimum atomic E-state index is -0.458. The van der Waals surface area contributed by atoms with E-state index in [0.717, 1.165) is 5.56 Å². The van der Waals surface area contributed by atoms with Gasteiger partial charge in [0.15, 0.2) is 0 Å². The van der Waals surface area contributed by atoms with Crippen molar-refractivity contribution in [1.82, 2.24) is 9.55 Å². The standard InChI is InChI=1S/C19H13ClN4O2/c20-15-7-6-14(10-21)17(8-15)23-18(25)11-24-12-22-16(9-19(24)26)13-4-2-1-3-5-13/h1-9,12H,11H2,(H,23,25). The summed E-state index contributed by atoms with van der Waals surface area (Å²) in [6, 6.07) is 17.2. The van der Waals surface area contributed by atoms with Crippen LogP contribution in [0.3, 0.4) is 0 Å². The molecule has 0 saturated carbocycles. The molecule has 1 N–H and O–H groups in total. The van der Waals surface area contributed by atoms with E-state index in [-0.39, 0.29) is 17.7 Å². The molecule has 0 aliphatic rings. The third kappa shape index (κ3) is 3.97. The van der Waals surface area contributed by atoms with Crippen molar-refractivity contribution in [3.05, 3.63) is 81.9 Å². The number of benzene rings is 2. The predicted molar refractivity (Wildman–Crippen MR) is 98.7 cm³/mol. The molecule has 0 aliphatic carbocycles. The first kappa shape index (κ1) is 17.4. The average Bonchev–Trinajstić information content (AvgIpc) is 2.64. The van der Waals surface area contributed by atoms with Crippen molar-refractivity contribution in [3.8, 4) is 17.3 Å². The van der Waals surface area contributed by atoms with Gasteiger partial charge < -0.3 is 5.32 Å². The van der Waals surface area contributed by atoms with Crippen molar-refractivity contribution in [1.29, 1.82) is 5.26 Å². The van der Waals surface area contributed by atoms with Crippen LogP contribution in [0.4, 0.5) is 5.69 Å². The molecule has 1 amide bonds. The molecule has 0 bridgehead atoms. The van der Waals surface area contributed by atoms with Gasteiger partial charge in [-0.15, -0.1) is 0 Å². The zero-order chi connectivity index (χ0) is 18.5. The van der Waals surface area contributed by atoms with Gasteiger partial charge in [-0.2, -0.15) is 5.26 Å². The van der Waals surface area contributed by atoms with Gasteiger partial charge in [0.1, 0.15) is 12.6 Å². The SMILES string of the molecule is N#Cc1ccc(Cl)cc1NC(=O)Cn1cnc(-c2ccccc2)cc1=O. The summed E-state index contributed by atoms with van der Waals surface area (Å²) in [6.07, 6.45) is 1.33. The zero-order valence-corrected chi connectivity index (χ0v) is 14.3. The molecule has 0 unspecified atom stereocenters. The van der Waals surface area contributed by atoms with Crippen LogP contribution < -0.4 is 10.9 Å². The maximum Gasteiger partial charge on any atom is 0.254 e. The van der Waals surface area contributed by atoms with Crippen LogP contribution in [0.5, 0.6) is 0 Å². The summed E-state index contributed by atoms with van der Waals surface area (Å²) in [5, 5.41) is 12.1. The van der Waals surface area contributed by atoms with Crippen LogP contribution >= 0.6 is 11.6 Å². The summed E-state index contributed by atoms with van der Waals surface area (Å²) < 4.78 is 1.19. The Bertz CT molecular complexity index is 1060. The van der Waals surface area contributed by atoms with E-state index < -0.39 is 5.91 Å². The summed E-state index contributed by atoms with van der Waals surface area (Å²) >= 11 is 5.89. The molecule has 2 aromatic carbocycles. The van der Waals surface area contributed by atoms with E-state index in [1.54, 1.807) is 6.07 Å². The number of halogens is 1. The molecule has 3 aromatic rings. The summed E-state index contributed by atoms with van der Waals surface area (Å²) in [7, 11) is 0. The highest BCUT2D eigenvalue weighted by molar-refractivity contribution is 6.31. The molecule has 0 fully saturated rings. The molecule has 0 aliphatic heterocycles. The Balaban J connectivity index is 1.77. The maximum atomic E-state index is 12.2. The van der Waals surface area contributed by atoms with Gasteiger partial charge >= 0.3 is 0 Å². The van der Waals surface area contributed by atoms with E-state index >= 15 is 0 Å². The second-order valence-corrected chi connectivity index (χ2v) is 5.89. The highest BCUT2D eigenvalue weighted by Crippen LogP contribution is 2.20. The first-order valence-corrected chi connectivity index (χ1v) is 8.06. The summed E-state index contributed by atoms with van der Waals surface area (Å²) in [6.45, 7) is -0.224. The smallest absolute Gasteiger partial charge is 0.254 e. The topological polar surface area (TPSA) is 87.8 Å². The normalized spacial score (nSPS) is 10.2. The molecule has 0 atom stereocenters. The van der Waals surface area contributed by atoms with Gasteiger partial charge in [0, 0.05) is 16.7 Å². The quantitative estimate of drug-likeness (QED) is 0.770. The Hall–Kier alpha value is -3.43. The molecule has 0 saturated heterocycles. The van der Waals surface area contributed by atoms with Crippen LogP contribution in [0, 0.1) is 11.3 Å². The second kappa shape index (κ2) is 7.64. The minimum absolute atomic E-state index is 0.224. The second-order valence-electron chi connectivity index (χ2n) is 5.46. The highest BCUT2D eigenvalue weighted by Gasteiger charge is 2.10. The van der Waals surface area contributed by atoms with E-state index in [2.05, 4.69) is 10.3 Å². The van der Waals surface area contributed by atoms with E-state index in [1.807, 2.05) is 36.4 Å².